The summed E-state index contributed by atoms with van der Waals surface area (Å²) in [6, 6.07) is 7.37. The number of carbonyl (C=O) groups excluding carboxylic acids is 1. The second-order valence-electron chi connectivity index (χ2n) is 5.39. The molecule has 3 aromatic rings. The van der Waals surface area contributed by atoms with Crippen molar-refractivity contribution >= 4 is 45.1 Å². The van der Waals surface area contributed by atoms with E-state index < -0.39 is 0 Å². The van der Waals surface area contributed by atoms with Gasteiger partial charge in [0.05, 0.1) is 12.7 Å². The summed E-state index contributed by atoms with van der Waals surface area (Å²) >= 11 is 3.28. The maximum Gasteiger partial charge on any atom is 0.360 e. The van der Waals surface area contributed by atoms with E-state index in [0.29, 0.717) is 11.4 Å². The molecule has 124 valence electrons. The molecular weight excluding hydrogens is 342 g/mol. The van der Waals surface area contributed by atoms with E-state index in [1.54, 1.807) is 35.2 Å². The number of methoxy groups -OCH3 is 1. The molecule has 0 aliphatic rings. The van der Waals surface area contributed by atoms with Crippen molar-refractivity contribution in [2.75, 3.05) is 12.8 Å². The quantitative estimate of drug-likeness (QED) is 0.438. The van der Waals surface area contributed by atoms with Crippen LogP contribution in [0.15, 0.2) is 29.4 Å². The van der Waals surface area contributed by atoms with Crippen molar-refractivity contribution < 1.29 is 14.5 Å². The number of hydrogen-bond acceptors (Lipinski definition) is 6. The molecule has 0 aliphatic carbocycles. The number of nitrogens with one attached hydrogen (secondary N) is 1. The van der Waals surface area contributed by atoms with Gasteiger partial charge in [0.15, 0.2) is 4.83 Å². The summed E-state index contributed by atoms with van der Waals surface area (Å²) in [6.07, 6.45) is 0. The fraction of sp³-hybridized carbons (Fsp3) is 0.235. The number of thiophene rings is 1. The average molecular weight is 360 g/mol. The van der Waals surface area contributed by atoms with Crippen LogP contribution in [0, 0.1) is 13.8 Å². The molecule has 24 heavy (non-hydrogen) atoms. The van der Waals surface area contributed by atoms with E-state index in [2.05, 4.69) is 23.8 Å². The highest BCUT2D eigenvalue weighted by atomic mass is 32.2. The topological polar surface area (TPSA) is 79.3 Å². The van der Waals surface area contributed by atoms with Gasteiger partial charge in [0, 0.05) is 10.6 Å². The van der Waals surface area contributed by atoms with Crippen LogP contribution in [0.25, 0.3) is 10.2 Å². The van der Waals surface area contributed by atoms with E-state index in [1.807, 2.05) is 12.1 Å². The van der Waals surface area contributed by atoms with Gasteiger partial charge < -0.3 is 10.5 Å². The molecule has 7 heteroatoms. The van der Waals surface area contributed by atoms with Crippen molar-refractivity contribution in [1.82, 2.24) is 4.98 Å². The van der Waals surface area contributed by atoms with E-state index in [1.165, 1.54) is 17.6 Å². The van der Waals surface area contributed by atoms with Gasteiger partial charge in [-0.15, -0.1) is 0 Å². The van der Waals surface area contributed by atoms with Gasteiger partial charge in [-0.2, -0.15) is 0 Å². The molecule has 0 amide bonds. The summed E-state index contributed by atoms with van der Waals surface area (Å²) in [7, 11) is 1.38. The van der Waals surface area contributed by atoms with Gasteiger partial charge in [0.2, 0.25) is 0 Å². The maximum absolute atomic E-state index is 11.4. The number of esters is 1. The summed E-state index contributed by atoms with van der Waals surface area (Å²) in [5, 5.41) is 1.81. The number of H-pyrrole nitrogens is 1. The molecular formula is C17H18N3O2S2+. The van der Waals surface area contributed by atoms with Crippen molar-refractivity contribution in [2.24, 2.45) is 0 Å². The molecule has 0 unspecified atom stereocenters. The fourth-order valence-corrected chi connectivity index (χ4v) is 4.36. The molecule has 1 aromatic carbocycles. The summed E-state index contributed by atoms with van der Waals surface area (Å²) in [5.41, 5.74) is 8.95. The summed E-state index contributed by atoms with van der Waals surface area (Å²) in [5.74, 6) is 0.971. The number of nitrogens with zero attached hydrogens (tertiary/aromatic N) is 1. The minimum atomic E-state index is -0.328. The molecule has 0 saturated heterocycles. The van der Waals surface area contributed by atoms with E-state index in [4.69, 9.17) is 10.5 Å². The van der Waals surface area contributed by atoms with E-state index in [-0.39, 0.29) is 5.97 Å². The van der Waals surface area contributed by atoms with Crippen molar-refractivity contribution in [3.05, 3.63) is 45.8 Å². The number of aromatic nitrogens is 2. The minimum absolute atomic E-state index is 0.328. The summed E-state index contributed by atoms with van der Waals surface area (Å²) < 4.78 is 4.70. The Morgan fingerprint density at radius 2 is 2.04 bits per heavy atom. The van der Waals surface area contributed by atoms with Gasteiger partial charge in [-0.3, -0.25) is 0 Å². The Balaban J connectivity index is 1.77. The normalized spacial score (nSPS) is 11.0. The van der Waals surface area contributed by atoms with Crippen molar-refractivity contribution in [3.63, 3.8) is 0 Å². The number of rotatable bonds is 4. The second-order valence-corrected chi connectivity index (χ2v) is 7.58. The molecule has 0 radical (unpaired) electrons. The first-order chi connectivity index (χ1) is 11.5. The van der Waals surface area contributed by atoms with E-state index >= 15 is 0 Å². The second kappa shape index (κ2) is 6.78. The SMILES string of the molecule is COC(=O)c1ccc(CSc2nc(N)c3c(C)c(C)sc3[nH+]2)cc1. The first kappa shape index (κ1) is 16.7. The lowest BCUT2D eigenvalue weighted by atomic mass is 10.1. The zero-order chi connectivity index (χ0) is 17.3. The maximum atomic E-state index is 11.4. The highest BCUT2D eigenvalue weighted by Gasteiger charge is 2.19. The molecule has 0 saturated carbocycles. The van der Waals surface area contributed by atoms with Gasteiger partial charge in [0.25, 0.3) is 5.82 Å². The Kier molecular flexibility index (Phi) is 4.73. The van der Waals surface area contributed by atoms with Gasteiger partial charge in [-0.1, -0.05) is 23.5 Å². The smallest absolute Gasteiger partial charge is 0.360 e. The van der Waals surface area contributed by atoms with Crippen LogP contribution in [0.1, 0.15) is 26.4 Å². The zero-order valence-corrected chi connectivity index (χ0v) is 15.3. The lowest BCUT2D eigenvalue weighted by Crippen LogP contribution is -2.11. The van der Waals surface area contributed by atoms with Gasteiger partial charge in [-0.05, 0) is 53.9 Å². The fourth-order valence-electron chi connectivity index (χ4n) is 2.39. The Labute approximate surface area is 148 Å². The van der Waals surface area contributed by atoms with Crippen LogP contribution in [0.2, 0.25) is 0 Å². The number of fused-ring (bicyclic) bond motifs is 1. The standard InChI is InChI=1S/C17H17N3O2S2/c1-9-10(2)24-15-13(9)14(18)19-17(20-15)23-8-11-4-6-12(7-5-11)16(21)22-3/h4-7H,8H2,1-3H3,(H2,18,19,20)/p+1. The first-order valence-corrected chi connectivity index (χ1v) is 9.18. The molecule has 3 rings (SSSR count). The molecule has 5 nitrogen and oxygen atoms in total. The lowest BCUT2D eigenvalue weighted by Gasteiger charge is -2.01. The van der Waals surface area contributed by atoms with Crippen LogP contribution in [0.5, 0.6) is 0 Å². The van der Waals surface area contributed by atoms with Gasteiger partial charge in [-0.25, -0.2) is 9.78 Å². The summed E-state index contributed by atoms with van der Waals surface area (Å²) in [6.45, 7) is 4.15. The molecule has 0 spiro atoms. The molecule has 2 heterocycles. The van der Waals surface area contributed by atoms with Crippen LogP contribution in [-0.2, 0) is 10.5 Å². The van der Waals surface area contributed by atoms with Gasteiger partial charge in [0.1, 0.15) is 5.39 Å². The molecule has 0 bridgehead atoms. The third-order valence-electron chi connectivity index (χ3n) is 3.83. The first-order valence-electron chi connectivity index (χ1n) is 7.38. The Morgan fingerprint density at radius 1 is 1.33 bits per heavy atom. The number of carbonyl (C=O) groups is 1. The number of thioether (sulfide) groups is 1. The molecule has 2 aromatic heterocycles. The Hall–Kier alpha value is -2.12. The number of aromatic amines is 1. The number of hydrogen-bond donors (Lipinski definition) is 1. The number of benzene rings is 1. The predicted octanol–water partition coefficient (Wildman–Crippen LogP) is 3.39. The minimum Gasteiger partial charge on any atom is -0.465 e. The number of nitrogens with two attached hydrogens (primary N) is 1. The van der Waals surface area contributed by atoms with Crippen LogP contribution in [0.4, 0.5) is 5.82 Å². The number of ether oxygens (including phenoxy) is 1. The molecule has 3 N–H and O–H groups in total. The molecule has 0 fully saturated rings. The highest BCUT2D eigenvalue weighted by Crippen LogP contribution is 2.31. The van der Waals surface area contributed by atoms with Crippen LogP contribution < -0.4 is 10.7 Å². The zero-order valence-electron chi connectivity index (χ0n) is 13.7. The number of anilines is 1. The van der Waals surface area contributed by atoms with E-state index in [9.17, 15) is 4.79 Å². The molecule has 0 atom stereocenters. The third-order valence-corrected chi connectivity index (χ3v) is 5.90. The van der Waals surface area contributed by atoms with E-state index in [0.717, 1.165) is 26.7 Å². The lowest BCUT2D eigenvalue weighted by molar-refractivity contribution is -0.399. The largest absolute Gasteiger partial charge is 0.465 e. The van der Waals surface area contributed by atoms with Crippen LogP contribution >= 0.6 is 23.1 Å². The van der Waals surface area contributed by atoms with Gasteiger partial charge >= 0.3 is 11.1 Å². The average Bonchev–Trinajstić information content (AvgIpc) is 2.87. The summed E-state index contributed by atoms with van der Waals surface area (Å²) in [4.78, 5) is 21.6. The number of nitrogen functional groups attached to an aromatic ring is 1. The Bertz CT molecular complexity index is 904. The number of aryl methyl sites for hydroxylation is 2. The van der Waals surface area contributed by atoms with Crippen LogP contribution in [-0.4, -0.2) is 18.1 Å². The van der Waals surface area contributed by atoms with Crippen molar-refractivity contribution in [2.45, 2.75) is 24.8 Å². The van der Waals surface area contributed by atoms with Crippen LogP contribution in [0.3, 0.4) is 0 Å². The highest BCUT2D eigenvalue weighted by molar-refractivity contribution is 7.98. The van der Waals surface area contributed by atoms with Crippen molar-refractivity contribution in [3.8, 4) is 0 Å². The molecule has 0 aliphatic heterocycles. The van der Waals surface area contributed by atoms with Crippen molar-refractivity contribution in [1.29, 1.82) is 0 Å². The third kappa shape index (κ3) is 3.22. The monoisotopic (exact) mass is 360 g/mol. The Morgan fingerprint density at radius 3 is 2.71 bits per heavy atom. The predicted molar refractivity (Wildman–Crippen MR) is 97.4 cm³/mol.